The van der Waals surface area contributed by atoms with Crippen molar-refractivity contribution in [1.82, 2.24) is 14.8 Å². The summed E-state index contributed by atoms with van der Waals surface area (Å²) in [5.41, 5.74) is 2.65. The molecule has 8 heteroatoms. The molecule has 144 valence electrons. The van der Waals surface area contributed by atoms with Gasteiger partial charge in [0.25, 0.3) is 0 Å². The molecule has 0 aliphatic rings. The Kier molecular flexibility index (Phi) is 6.78. The van der Waals surface area contributed by atoms with Gasteiger partial charge in [-0.25, -0.2) is 0 Å². The van der Waals surface area contributed by atoms with Gasteiger partial charge >= 0.3 is 0 Å². The highest BCUT2D eigenvalue weighted by atomic mass is 35.5. The van der Waals surface area contributed by atoms with E-state index in [1.54, 1.807) is 18.2 Å². The molecule has 3 aromatic rings. The Labute approximate surface area is 177 Å². The van der Waals surface area contributed by atoms with Crippen molar-refractivity contribution in [2.24, 2.45) is 0 Å². The van der Waals surface area contributed by atoms with E-state index in [9.17, 15) is 4.79 Å². The summed E-state index contributed by atoms with van der Waals surface area (Å²) in [6, 6.07) is 13.0. The minimum absolute atomic E-state index is 0.111. The molecule has 0 saturated heterocycles. The van der Waals surface area contributed by atoms with Crippen LogP contribution < -0.4 is 5.32 Å². The van der Waals surface area contributed by atoms with Crippen LogP contribution in [0.2, 0.25) is 10.0 Å². The number of amides is 1. The lowest BCUT2D eigenvalue weighted by Gasteiger charge is -2.09. The number of carbonyl (C=O) groups excluding carboxylic acids is 1. The van der Waals surface area contributed by atoms with E-state index in [-0.39, 0.29) is 11.7 Å². The van der Waals surface area contributed by atoms with E-state index in [0.717, 1.165) is 16.8 Å². The van der Waals surface area contributed by atoms with Crippen LogP contribution in [0.25, 0.3) is 11.4 Å². The third kappa shape index (κ3) is 4.95. The van der Waals surface area contributed by atoms with Crippen molar-refractivity contribution in [3.05, 3.63) is 70.7 Å². The maximum absolute atomic E-state index is 12.3. The van der Waals surface area contributed by atoms with Gasteiger partial charge in [0.05, 0.1) is 15.8 Å². The van der Waals surface area contributed by atoms with E-state index in [2.05, 4.69) is 22.1 Å². The molecule has 28 heavy (non-hydrogen) atoms. The molecule has 1 aromatic heterocycles. The SMILES string of the molecule is C=CCn1c(SCC(=O)Nc2cccc(C)c2)nnc1-c1ccc(Cl)c(Cl)c1. The molecular weight excluding hydrogens is 415 g/mol. The lowest BCUT2D eigenvalue weighted by molar-refractivity contribution is -0.113. The van der Waals surface area contributed by atoms with Crippen molar-refractivity contribution in [1.29, 1.82) is 0 Å². The van der Waals surface area contributed by atoms with Gasteiger partial charge in [-0.3, -0.25) is 9.36 Å². The van der Waals surface area contributed by atoms with Gasteiger partial charge in [-0.15, -0.1) is 16.8 Å². The minimum atomic E-state index is -0.111. The first-order valence-corrected chi connectivity index (χ1v) is 10.2. The van der Waals surface area contributed by atoms with Gasteiger partial charge in [-0.05, 0) is 42.8 Å². The molecule has 1 N–H and O–H groups in total. The van der Waals surface area contributed by atoms with E-state index >= 15 is 0 Å². The first-order chi connectivity index (χ1) is 13.5. The number of nitrogens with one attached hydrogen (secondary N) is 1. The number of carbonyl (C=O) groups is 1. The molecule has 5 nitrogen and oxygen atoms in total. The van der Waals surface area contributed by atoms with Gasteiger partial charge in [0.2, 0.25) is 5.91 Å². The maximum Gasteiger partial charge on any atom is 0.234 e. The smallest absolute Gasteiger partial charge is 0.234 e. The summed E-state index contributed by atoms with van der Waals surface area (Å²) in [7, 11) is 0. The zero-order chi connectivity index (χ0) is 20.1. The molecule has 0 unspecified atom stereocenters. The van der Waals surface area contributed by atoms with Gasteiger partial charge < -0.3 is 5.32 Å². The second-order valence-electron chi connectivity index (χ2n) is 6.04. The van der Waals surface area contributed by atoms with Gasteiger partial charge in [-0.2, -0.15) is 0 Å². The molecule has 0 atom stereocenters. The zero-order valence-electron chi connectivity index (χ0n) is 15.2. The highest BCUT2D eigenvalue weighted by Crippen LogP contribution is 2.29. The third-order valence-corrected chi connectivity index (χ3v) is 5.55. The number of benzene rings is 2. The average Bonchev–Trinajstić information content (AvgIpc) is 3.05. The van der Waals surface area contributed by atoms with E-state index in [0.29, 0.717) is 27.6 Å². The van der Waals surface area contributed by atoms with Crippen molar-refractivity contribution in [3.8, 4) is 11.4 Å². The predicted molar refractivity (Wildman–Crippen MR) is 116 cm³/mol. The first-order valence-electron chi connectivity index (χ1n) is 8.46. The van der Waals surface area contributed by atoms with E-state index in [1.807, 2.05) is 41.8 Å². The van der Waals surface area contributed by atoms with Crippen molar-refractivity contribution >= 4 is 46.6 Å². The summed E-state index contributed by atoms with van der Waals surface area (Å²) < 4.78 is 1.89. The summed E-state index contributed by atoms with van der Waals surface area (Å²) in [5, 5.41) is 12.9. The van der Waals surface area contributed by atoms with Crippen LogP contribution in [0.15, 0.2) is 60.3 Å². The van der Waals surface area contributed by atoms with E-state index in [4.69, 9.17) is 23.2 Å². The van der Waals surface area contributed by atoms with Crippen LogP contribution in [0.5, 0.6) is 0 Å². The number of hydrogen-bond acceptors (Lipinski definition) is 4. The topological polar surface area (TPSA) is 59.8 Å². The Morgan fingerprint density at radius 2 is 2.04 bits per heavy atom. The molecule has 0 bridgehead atoms. The molecule has 0 saturated carbocycles. The molecule has 0 aliphatic carbocycles. The van der Waals surface area contributed by atoms with E-state index < -0.39 is 0 Å². The van der Waals surface area contributed by atoms with Crippen LogP contribution in [0.4, 0.5) is 5.69 Å². The van der Waals surface area contributed by atoms with Crippen LogP contribution in [-0.4, -0.2) is 26.4 Å². The largest absolute Gasteiger partial charge is 0.325 e. The Balaban J connectivity index is 1.75. The molecule has 3 rings (SSSR count). The fourth-order valence-corrected chi connectivity index (χ4v) is 3.63. The lowest BCUT2D eigenvalue weighted by Crippen LogP contribution is -2.14. The number of halogens is 2. The Morgan fingerprint density at radius 1 is 1.21 bits per heavy atom. The van der Waals surface area contributed by atoms with Crippen molar-refractivity contribution in [2.45, 2.75) is 18.6 Å². The minimum Gasteiger partial charge on any atom is -0.325 e. The summed E-state index contributed by atoms with van der Waals surface area (Å²) >= 11 is 13.4. The normalized spacial score (nSPS) is 10.7. The monoisotopic (exact) mass is 432 g/mol. The number of thioether (sulfide) groups is 1. The number of allylic oxidation sites excluding steroid dienone is 1. The molecule has 0 fully saturated rings. The summed E-state index contributed by atoms with van der Waals surface area (Å²) in [6.45, 7) is 6.27. The van der Waals surface area contributed by atoms with Gasteiger partial charge in [0.15, 0.2) is 11.0 Å². The van der Waals surface area contributed by atoms with Crippen LogP contribution in [0.1, 0.15) is 5.56 Å². The molecule has 1 amide bonds. The summed E-state index contributed by atoms with van der Waals surface area (Å²) in [4.78, 5) is 12.3. The highest BCUT2D eigenvalue weighted by Gasteiger charge is 2.16. The average molecular weight is 433 g/mol. The summed E-state index contributed by atoms with van der Waals surface area (Å²) in [5.74, 6) is 0.741. The number of rotatable bonds is 7. The Morgan fingerprint density at radius 3 is 2.75 bits per heavy atom. The van der Waals surface area contributed by atoms with Crippen LogP contribution in [-0.2, 0) is 11.3 Å². The molecule has 0 aliphatic heterocycles. The quantitative estimate of drug-likeness (QED) is 0.396. The fourth-order valence-electron chi connectivity index (χ4n) is 2.59. The van der Waals surface area contributed by atoms with Gasteiger partial charge in [0.1, 0.15) is 0 Å². The maximum atomic E-state index is 12.3. The second kappa shape index (κ2) is 9.28. The zero-order valence-corrected chi connectivity index (χ0v) is 17.5. The predicted octanol–water partition coefficient (Wildman–Crippen LogP) is 5.48. The first kappa shape index (κ1) is 20.5. The van der Waals surface area contributed by atoms with Crippen molar-refractivity contribution in [2.75, 3.05) is 11.1 Å². The lowest BCUT2D eigenvalue weighted by atomic mass is 10.2. The summed E-state index contributed by atoms with van der Waals surface area (Å²) in [6.07, 6.45) is 1.75. The molecular formula is C20H18Cl2N4OS. The van der Waals surface area contributed by atoms with Crippen molar-refractivity contribution < 1.29 is 4.79 Å². The highest BCUT2D eigenvalue weighted by molar-refractivity contribution is 7.99. The number of hydrogen-bond donors (Lipinski definition) is 1. The fraction of sp³-hybridized carbons (Fsp3) is 0.150. The molecule has 1 heterocycles. The molecule has 0 spiro atoms. The van der Waals surface area contributed by atoms with Gasteiger partial charge in [-0.1, -0.05) is 53.2 Å². The second-order valence-corrected chi connectivity index (χ2v) is 7.80. The van der Waals surface area contributed by atoms with Crippen molar-refractivity contribution in [3.63, 3.8) is 0 Å². The molecule has 0 radical (unpaired) electrons. The third-order valence-electron chi connectivity index (χ3n) is 3.84. The number of aromatic nitrogens is 3. The molecule has 2 aromatic carbocycles. The standard InChI is InChI=1S/C20H18Cl2N4OS/c1-3-9-26-19(14-7-8-16(21)17(22)11-14)24-25-20(26)28-12-18(27)23-15-6-4-5-13(2)10-15/h3-8,10-11H,1,9,12H2,2H3,(H,23,27). The Hall–Kier alpha value is -2.28. The number of nitrogens with zero attached hydrogens (tertiary/aromatic N) is 3. The van der Waals surface area contributed by atoms with Crippen LogP contribution in [0.3, 0.4) is 0 Å². The number of aryl methyl sites for hydroxylation is 1. The number of anilines is 1. The Bertz CT molecular complexity index is 1020. The van der Waals surface area contributed by atoms with E-state index in [1.165, 1.54) is 11.8 Å². The van der Waals surface area contributed by atoms with Crippen LogP contribution in [0, 0.1) is 6.92 Å². The van der Waals surface area contributed by atoms with Gasteiger partial charge in [0, 0.05) is 17.8 Å². The van der Waals surface area contributed by atoms with Crippen LogP contribution >= 0.6 is 35.0 Å².